The largest absolute Gasteiger partial charge is 3.00 e. The summed E-state index contributed by atoms with van der Waals surface area (Å²) in [6, 6.07) is 4.48. The minimum Gasteiger partial charge on any atom is -1.00 e. The van der Waals surface area contributed by atoms with Crippen molar-refractivity contribution in [3.8, 4) is 0 Å². The zero-order chi connectivity index (χ0) is 25.4. The molecule has 0 unspecified atom stereocenters. The van der Waals surface area contributed by atoms with Gasteiger partial charge in [-0.3, -0.25) is 0 Å². The van der Waals surface area contributed by atoms with Gasteiger partial charge in [-0.15, -0.1) is 13.1 Å². The molecule has 0 aromatic heterocycles. The molecule has 2 nitrogen and oxygen atoms in total. The Morgan fingerprint density at radius 3 is 0.667 bits per heavy atom. The zero-order valence-electron chi connectivity index (χ0n) is 25.5. The quantitative estimate of drug-likeness (QED) is 0.363. The van der Waals surface area contributed by atoms with Gasteiger partial charge in [0.1, 0.15) is 0 Å². The van der Waals surface area contributed by atoms with Crippen LogP contribution >= 0.6 is 0 Å². The second-order valence-corrected chi connectivity index (χ2v) is 8.57. The summed E-state index contributed by atoms with van der Waals surface area (Å²) in [6.45, 7) is 39.8. The van der Waals surface area contributed by atoms with Crippen LogP contribution in [0.3, 0.4) is 0 Å². The molecule has 0 spiro atoms. The Labute approximate surface area is 269 Å². The summed E-state index contributed by atoms with van der Waals surface area (Å²) in [5.41, 5.74) is 11.5. The molecule has 2 rings (SSSR count). The summed E-state index contributed by atoms with van der Waals surface area (Å²) in [7, 11) is 0. The summed E-state index contributed by atoms with van der Waals surface area (Å²) in [5.74, 6) is 0. The van der Waals surface area contributed by atoms with Crippen LogP contribution in [-0.2, 0) is 43.4 Å². The van der Waals surface area contributed by atoms with Gasteiger partial charge in [-0.25, -0.2) is 0 Å². The van der Waals surface area contributed by atoms with E-state index in [1.807, 2.05) is 0 Å². The second-order valence-electron chi connectivity index (χ2n) is 8.57. The zero-order valence-corrected chi connectivity index (χ0v) is 30.1. The summed E-state index contributed by atoms with van der Waals surface area (Å²) >= 11 is 0. The number of halogens is 2. The molecule has 36 heavy (non-hydrogen) atoms. The van der Waals surface area contributed by atoms with Crippen LogP contribution in [0.2, 0.25) is 0 Å². The molecular weight excluding hydrogens is 555 g/mol. The molecule has 6 heteroatoms. The molecule has 2 aromatic rings. The Morgan fingerprint density at radius 2 is 0.639 bits per heavy atom. The van der Waals surface area contributed by atoms with E-state index in [0.717, 1.165) is 39.3 Å². The molecule has 2 aromatic carbocycles. The van der Waals surface area contributed by atoms with Gasteiger partial charge < -0.3 is 48.5 Å². The number of rotatable bonds is 6. The smallest absolute Gasteiger partial charge is 1.00 e. The molecule has 0 saturated carbocycles. The van der Waals surface area contributed by atoms with Crippen LogP contribution < -0.4 is 24.8 Å². The van der Waals surface area contributed by atoms with Gasteiger partial charge >= 0.3 is 43.4 Å². The Bertz CT molecular complexity index is 614. The van der Waals surface area contributed by atoms with Crippen LogP contribution in [-0.4, -0.2) is 49.1 Å². The van der Waals surface area contributed by atoms with E-state index < -0.39 is 0 Å². The van der Waals surface area contributed by atoms with Crippen LogP contribution in [0.25, 0.3) is 0 Å². The van der Waals surface area contributed by atoms with Crippen LogP contribution in [0.15, 0.2) is 12.1 Å². The van der Waals surface area contributed by atoms with E-state index >= 15 is 0 Å². The monoisotopic (exact) mass is 608 g/mol. The molecule has 0 amide bonds. The predicted octanol–water partition coefficient (Wildman–Crippen LogP) is 1.61. The van der Waals surface area contributed by atoms with Crippen molar-refractivity contribution in [2.45, 2.75) is 83.1 Å². The van der Waals surface area contributed by atoms with Crippen LogP contribution in [0.5, 0.6) is 0 Å². The molecule has 0 bridgehead atoms. The fourth-order valence-corrected chi connectivity index (χ4v) is 3.35. The van der Waals surface area contributed by atoms with E-state index in [4.69, 9.17) is 0 Å². The van der Waals surface area contributed by atoms with Crippen molar-refractivity contribution in [1.82, 2.24) is 9.80 Å². The van der Waals surface area contributed by atoms with Crippen molar-refractivity contribution in [2.24, 2.45) is 0 Å². The van der Waals surface area contributed by atoms with Gasteiger partial charge in [0.05, 0.1) is 0 Å². The number of hydrogen-bond donors (Lipinski definition) is 0. The van der Waals surface area contributed by atoms with Gasteiger partial charge in [0, 0.05) is 0 Å². The topological polar surface area (TPSA) is 6.48 Å². The molecular formula is C30H54Cl2N2Ti2. The maximum absolute atomic E-state index is 3.75. The van der Waals surface area contributed by atoms with Crippen LogP contribution in [0, 0.1) is 69.2 Å². The second kappa shape index (κ2) is 28.6. The maximum atomic E-state index is 3.75. The average molecular weight is 609 g/mol. The van der Waals surface area contributed by atoms with Crippen molar-refractivity contribution >= 4 is 0 Å². The minimum absolute atomic E-state index is 0. The Hall–Kier alpha value is 0.629. The summed E-state index contributed by atoms with van der Waals surface area (Å²) in [4.78, 5) is 4.53. The third-order valence-corrected chi connectivity index (χ3v) is 6.78. The van der Waals surface area contributed by atoms with Crippen molar-refractivity contribution in [1.29, 1.82) is 0 Å². The maximum Gasteiger partial charge on any atom is 3.00 e. The van der Waals surface area contributed by atoms with E-state index in [0.29, 0.717) is 0 Å². The van der Waals surface area contributed by atoms with E-state index in [-0.39, 0.29) is 68.2 Å². The third kappa shape index (κ3) is 19.7. The van der Waals surface area contributed by atoms with Gasteiger partial charge in [0.2, 0.25) is 0 Å². The molecule has 0 fully saturated rings. The minimum atomic E-state index is 0. The van der Waals surface area contributed by atoms with Crippen molar-refractivity contribution < 1.29 is 68.2 Å². The standard InChI is InChI=1S/2C9H13.2C6H14N.2ClH.2Ti/c2*1-6-5-7(2)9(4)8(6)3;2*1-4-7(5-2)6-3;;;;/h2*5H,1-4H3;2*1,4-6H2,2-3H3;2*1H;;/q4*-1;;;2*+3/p-2. The SMILES string of the molecule is Cc1[cH-]c(C)c(C)c1C.Cc1[cH-]c(C)c(C)c1C.[CH2-]CN(CC)CC.[CH2-]CN(CC)CC.[Cl-].[Cl-].[Ti+3].[Ti+3]. The Balaban J connectivity index is -0.0000000810. The molecule has 2 radical (unpaired) electrons. The summed E-state index contributed by atoms with van der Waals surface area (Å²) in [5, 5.41) is 0. The molecule has 0 N–H and O–H groups in total. The van der Waals surface area contributed by atoms with Crippen LogP contribution in [0.4, 0.5) is 0 Å². The molecule has 0 aliphatic rings. The average Bonchev–Trinajstić information content (AvgIpc) is 3.14. The normalized spacial score (nSPS) is 9.11. The van der Waals surface area contributed by atoms with E-state index in [2.05, 4.69) is 119 Å². The van der Waals surface area contributed by atoms with Gasteiger partial charge in [0.25, 0.3) is 0 Å². The summed E-state index contributed by atoms with van der Waals surface area (Å²) < 4.78 is 0. The van der Waals surface area contributed by atoms with Crippen molar-refractivity contribution in [3.05, 3.63) is 70.5 Å². The number of hydrogen-bond acceptors (Lipinski definition) is 2. The van der Waals surface area contributed by atoms with E-state index in [1.54, 1.807) is 0 Å². The van der Waals surface area contributed by atoms with E-state index in [1.165, 1.54) is 44.5 Å². The van der Waals surface area contributed by atoms with Crippen molar-refractivity contribution in [2.75, 3.05) is 39.3 Å². The first kappa shape index (κ1) is 49.6. The fourth-order valence-electron chi connectivity index (χ4n) is 3.35. The molecule has 0 aliphatic heterocycles. The molecule has 206 valence electrons. The van der Waals surface area contributed by atoms with Gasteiger partial charge in [-0.05, 0) is 26.2 Å². The Kier molecular flexibility index (Phi) is 39.4. The van der Waals surface area contributed by atoms with Gasteiger partial charge in [-0.2, -0.15) is 56.6 Å². The number of nitrogens with zero attached hydrogens (tertiary/aromatic N) is 2. The number of aryl methyl sites for hydroxylation is 4. The molecule has 0 atom stereocenters. The van der Waals surface area contributed by atoms with E-state index in [9.17, 15) is 0 Å². The first-order valence-electron chi connectivity index (χ1n) is 12.4. The predicted molar refractivity (Wildman–Crippen MR) is 148 cm³/mol. The first-order valence-corrected chi connectivity index (χ1v) is 12.4. The van der Waals surface area contributed by atoms with Crippen molar-refractivity contribution in [3.63, 3.8) is 0 Å². The molecule has 0 aliphatic carbocycles. The van der Waals surface area contributed by atoms with Crippen LogP contribution in [0.1, 0.15) is 72.2 Å². The summed E-state index contributed by atoms with van der Waals surface area (Å²) in [6.07, 6.45) is 0. The Morgan fingerprint density at radius 1 is 0.472 bits per heavy atom. The third-order valence-electron chi connectivity index (χ3n) is 6.78. The fraction of sp³-hybridized carbons (Fsp3) is 0.600. The molecule has 0 heterocycles. The van der Waals surface area contributed by atoms with Gasteiger partial charge in [0.15, 0.2) is 0 Å². The van der Waals surface area contributed by atoms with Gasteiger partial charge in [-0.1, -0.05) is 83.1 Å². The molecule has 0 saturated heterocycles. The first-order chi connectivity index (χ1) is 14.9.